The summed E-state index contributed by atoms with van der Waals surface area (Å²) in [6.45, 7) is 3.65. The third-order valence-corrected chi connectivity index (χ3v) is 5.44. The maximum absolute atomic E-state index is 13.2. The molecule has 0 saturated carbocycles. The van der Waals surface area contributed by atoms with Crippen molar-refractivity contribution in [3.63, 3.8) is 0 Å². The van der Waals surface area contributed by atoms with Crippen molar-refractivity contribution in [1.29, 1.82) is 0 Å². The van der Waals surface area contributed by atoms with Gasteiger partial charge in [0.1, 0.15) is 6.04 Å². The van der Waals surface area contributed by atoms with Crippen LogP contribution in [0.25, 0.3) is 11.2 Å². The Labute approximate surface area is 177 Å². The number of likely N-dealkylation sites (tertiary alicyclic amines) is 1. The zero-order valence-electron chi connectivity index (χ0n) is 17.3. The monoisotopic (exact) mass is 424 g/mol. The van der Waals surface area contributed by atoms with Gasteiger partial charge in [0.25, 0.3) is 5.56 Å². The average Bonchev–Trinajstić information content (AvgIpc) is 3.30. The first-order valence-corrected chi connectivity index (χ1v) is 10.1. The number of hydrogen-bond donors (Lipinski definition) is 3. The second-order valence-electron chi connectivity index (χ2n) is 7.92. The van der Waals surface area contributed by atoms with Crippen LogP contribution in [0.4, 0.5) is 5.95 Å². The Morgan fingerprint density at radius 2 is 2.03 bits per heavy atom. The molecule has 3 N–H and O–H groups in total. The molecule has 4 rings (SSSR count). The van der Waals surface area contributed by atoms with Crippen LogP contribution in [-0.4, -0.2) is 54.0 Å². The van der Waals surface area contributed by atoms with Crippen LogP contribution in [0.3, 0.4) is 0 Å². The van der Waals surface area contributed by atoms with Gasteiger partial charge in [-0.1, -0.05) is 44.2 Å². The number of nitrogens with one attached hydrogen (secondary N) is 2. The summed E-state index contributed by atoms with van der Waals surface area (Å²) in [5, 5.41) is 12.4. The van der Waals surface area contributed by atoms with Gasteiger partial charge in [0.2, 0.25) is 17.8 Å². The summed E-state index contributed by atoms with van der Waals surface area (Å²) >= 11 is 0. The normalized spacial score (nSPS) is 18.8. The van der Waals surface area contributed by atoms with Crippen LogP contribution in [-0.2, 0) is 16.1 Å². The molecule has 2 amide bonds. The molecule has 3 heterocycles. The lowest BCUT2D eigenvalue weighted by Crippen LogP contribution is -2.35. The molecule has 162 valence electrons. The number of hydrogen-bond acceptors (Lipinski definition) is 6. The molecular weight excluding hydrogens is 400 g/mol. The van der Waals surface area contributed by atoms with E-state index in [1.165, 1.54) is 6.33 Å². The van der Waals surface area contributed by atoms with E-state index < -0.39 is 11.6 Å². The fraction of sp³-hybridized carbons (Fsp3) is 0.381. The molecular formula is C21H24N6O4. The fourth-order valence-corrected chi connectivity index (χ4v) is 3.72. The minimum absolute atomic E-state index is 0.00301. The number of anilines is 1. The van der Waals surface area contributed by atoms with Crippen molar-refractivity contribution in [2.45, 2.75) is 38.9 Å². The molecule has 1 saturated heterocycles. The van der Waals surface area contributed by atoms with E-state index in [4.69, 9.17) is 0 Å². The van der Waals surface area contributed by atoms with Gasteiger partial charge in [-0.3, -0.25) is 24.7 Å². The van der Waals surface area contributed by atoms with Crippen LogP contribution < -0.4 is 10.9 Å². The van der Waals surface area contributed by atoms with Crippen molar-refractivity contribution in [1.82, 2.24) is 24.4 Å². The van der Waals surface area contributed by atoms with Crippen molar-refractivity contribution in [2.24, 2.45) is 5.92 Å². The fourth-order valence-electron chi connectivity index (χ4n) is 3.72. The molecule has 1 aliphatic rings. The molecule has 0 spiro atoms. The Morgan fingerprint density at radius 3 is 2.71 bits per heavy atom. The number of carbonyl (C=O) groups is 2. The van der Waals surface area contributed by atoms with Crippen molar-refractivity contribution in [3.05, 3.63) is 52.6 Å². The van der Waals surface area contributed by atoms with E-state index in [1.54, 1.807) is 23.3 Å². The molecule has 0 aliphatic carbocycles. The summed E-state index contributed by atoms with van der Waals surface area (Å²) in [6.07, 6.45) is 1.76. The third-order valence-electron chi connectivity index (χ3n) is 5.44. The average molecular weight is 424 g/mol. The highest BCUT2D eigenvalue weighted by atomic mass is 16.3. The Morgan fingerprint density at radius 1 is 1.29 bits per heavy atom. The summed E-state index contributed by atoms with van der Waals surface area (Å²) < 4.78 is 1.55. The standard InChI is InChI=1S/C21H24N6O4/c1-12(2)18(29)24-21-23-17-16(19(30)25-21)22-11-27(17)15-8-14(10-28)26(20(15)31)9-13-6-4-3-5-7-13/h3-7,11-12,14-15,28H,8-10H2,1-2H3,(H2,23,24,25,29,30)/t14-,15-/m0/s1. The molecule has 10 nitrogen and oxygen atoms in total. The Bertz CT molecular complexity index is 1170. The summed E-state index contributed by atoms with van der Waals surface area (Å²) in [6, 6.07) is 8.52. The first-order chi connectivity index (χ1) is 14.9. The number of amides is 2. The third kappa shape index (κ3) is 3.93. The van der Waals surface area contributed by atoms with Crippen LogP contribution in [0, 0.1) is 5.92 Å². The molecule has 2 atom stereocenters. The van der Waals surface area contributed by atoms with E-state index in [2.05, 4.69) is 20.3 Å². The second kappa shape index (κ2) is 8.31. The lowest BCUT2D eigenvalue weighted by atomic mass is 10.1. The summed E-state index contributed by atoms with van der Waals surface area (Å²) in [5.41, 5.74) is 0.739. The van der Waals surface area contributed by atoms with Gasteiger partial charge in [-0.05, 0) is 12.0 Å². The lowest BCUT2D eigenvalue weighted by molar-refractivity contribution is -0.132. The number of rotatable bonds is 6. The van der Waals surface area contributed by atoms with E-state index in [-0.39, 0.29) is 47.5 Å². The second-order valence-corrected chi connectivity index (χ2v) is 7.92. The van der Waals surface area contributed by atoms with Crippen LogP contribution >= 0.6 is 0 Å². The highest BCUT2D eigenvalue weighted by Crippen LogP contribution is 2.31. The number of aromatic amines is 1. The predicted octanol–water partition coefficient (Wildman–Crippen LogP) is 1.05. The molecule has 3 aromatic rings. The smallest absolute Gasteiger partial charge is 0.280 e. The molecule has 1 aliphatic heterocycles. The molecule has 31 heavy (non-hydrogen) atoms. The summed E-state index contributed by atoms with van der Waals surface area (Å²) in [5.74, 6) is -0.764. The topological polar surface area (TPSA) is 133 Å². The van der Waals surface area contributed by atoms with E-state index >= 15 is 0 Å². The van der Waals surface area contributed by atoms with Crippen molar-refractivity contribution < 1.29 is 14.7 Å². The van der Waals surface area contributed by atoms with Crippen LogP contribution in [0.1, 0.15) is 31.9 Å². The maximum atomic E-state index is 13.2. The zero-order chi connectivity index (χ0) is 22.1. The number of imidazole rings is 1. The number of H-pyrrole nitrogens is 1. The van der Waals surface area contributed by atoms with Gasteiger partial charge in [0.15, 0.2) is 11.2 Å². The van der Waals surface area contributed by atoms with Crippen LogP contribution in [0.2, 0.25) is 0 Å². The Balaban J connectivity index is 1.67. The Kier molecular flexibility index (Phi) is 5.55. The van der Waals surface area contributed by atoms with Gasteiger partial charge < -0.3 is 14.6 Å². The molecule has 1 fully saturated rings. The predicted molar refractivity (Wildman–Crippen MR) is 113 cm³/mol. The summed E-state index contributed by atoms with van der Waals surface area (Å²) in [7, 11) is 0. The Hall–Kier alpha value is -3.53. The van der Waals surface area contributed by atoms with Gasteiger partial charge in [-0.25, -0.2) is 4.98 Å². The van der Waals surface area contributed by atoms with Crippen molar-refractivity contribution in [3.8, 4) is 0 Å². The van der Waals surface area contributed by atoms with Crippen LogP contribution in [0.5, 0.6) is 0 Å². The minimum Gasteiger partial charge on any atom is -0.394 e. The maximum Gasteiger partial charge on any atom is 0.280 e. The molecule has 2 aromatic heterocycles. The zero-order valence-corrected chi connectivity index (χ0v) is 17.3. The van der Waals surface area contributed by atoms with E-state index in [0.717, 1.165) is 5.56 Å². The molecule has 10 heteroatoms. The quantitative estimate of drug-likeness (QED) is 0.542. The minimum atomic E-state index is -0.659. The molecule has 1 aromatic carbocycles. The number of nitrogens with zero attached hydrogens (tertiary/aromatic N) is 4. The van der Waals surface area contributed by atoms with E-state index in [9.17, 15) is 19.5 Å². The number of carbonyl (C=O) groups excluding carboxylic acids is 2. The number of fused-ring (bicyclic) bond motifs is 1. The lowest BCUT2D eigenvalue weighted by Gasteiger charge is -2.23. The first kappa shape index (κ1) is 20.7. The number of aromatic nitrogens is 4. The van der Waals surface area contributed by atoms with Gasteiger partial charge in [-0.15, -0.1) is 0 Å². The summed E-state index contributed by atoms with van der Waals surface area (Å²) in [4.78, 5) is 50.3. The van der Waals surface area contributed by atoms with Crippen molar-refractivity contribution >= 4 is 28.9 Å². The van der Waals surface area contributed by atoms with Gasteiger partial charge in [-0.2, -0.15) is 4.98 Å². The largest absolute Gasteiger partial charge is 0.394 e. The van der Waals surface area contributed by atoms with Crippen LogP contribution in [0.15, 0.2) is 41.5 Å². The van der Waals surface area contributed by atoms with Gasteiger partial charge >= 0.3 is 0 Å². The van der Waals surface area contributed by atoms with E-state index in [0.29, 0.717) is 13.0 Å². The number of aliphatic hydroxyl groups excluding tert-OH is 1. The molecule has 0 bridgehead atoms. The first-order valence-electron chi connectivity index (χ1n) is 10.1. The number of aliphatic hydroxyl groups is 1. The van der Waals surface area contributed by atoms with E-state index in [1.807, 2.05) is 30.3 Å². The van der Waals surface area contributed by atoms with Crippen molar-refractivity contribution in [2.75, 3.05) is 11.9 Å². The highest BCUT2D eigenvalue weighted by Gasteiger charge is 2.41. The van der Waals surface area contributed by atoms with Gasteiger partial charge in [0.05, 0.1) is 19.0 Å². The SMILES string of the molecule is CC(C)C(=O)Nc1nc2c(ncn2[C@H]2C[C@@H](CO)N(Cc3ccccc3)C2=O)c(=O)[nH]1. The molecule has 0 unspecified atom stereocenters. The number of benzene rings is 1. The highest BCUT2D eigenvalue weighted by molar-refractivity contribution is 5.91. The van der Waals surface area contributed by atoms with Gasteiger partial charge in [0, 0.05) is 12.5 Å². The molecule has 0 radical (unpaired) electrons.